The van der Waals surface area contributed by atoms with Crippen molar-refractivity contribution in [3.63, 3.8) is 0 Å². The second-order valence-electron chi connectivity index (χ2n) is 10.6. The van der Waals surface area contributed by atoms with Crippen molar-refractivity contribution in [1.82, 2.24) is 4.98 Å². The molecule has 8 nitrogen and oxygen atoms in total. The van der Waals surface area contributed by atoms with Gasteiger partial charge in [-0.2, -0.15) is 0 Å². The summed E-state index contributed by atoms with van der Waals surface area (Å²) in [6.07, 6.45) is 3.89. The van der Waals surface area contributed by atoms with E-state index in [2.05, 4.69) is 6.92 Å². The molecular formula is C33H32N2O6S. The summed E-state index contributed by atoms with van der Waals surface area (Å²) in [5.74, 6) is 0.388. The van der Waals surface area contributed by atoms with Crippen molar-refractivity contribution in [3.05, 3.63) is 82.9 Å². The van der Waals surface area contributed by atoms with E-state index in [0.717, 1.165) is 35.3 Å². The van der Waals surface area contributed by atoms with Crippen molar-refractivity contribution in [2.45, 2.75) is 51.7 Å². The van der Waals surface area contributed by atoms with Gasteiger partial charge in [0.1, 0.15) is 29.1 Å². The highest BCUT2D eigenvalue weighted by Gasteiger charge is 2.48. The summed E-state index contributed by atoms with van der Waals surface area (Å²) < 4.78 is 17.9. The number of amides is 1. The van der Waals surface area contributed by atoms with Gasteiger partial charge in [-0.1, -0.05) is 43.2 Å². The van der Waals surface area contributed by atoms with Crippen LogP contribution in [0.5, 0.6) is 17.2 Å². The molecule has 3 heterocycles. The zero-order chi connectivity index (χ0) is 29.4. The van der Waals surface area contributed by atoms with Crippen LogP contribution in [0.25, 0.3) is 16.0 Å². The summed E-state index contributed by atoms with van der Waals surface area (Å²) in [5.41, 5.74) is 2.76. The maximum atomic E-state index is 13.7. The van der Waals surface area contributed by atoms with Crippen LogP contribution < -0.4 is 19.1 Å². The number of thiazole rings is 1. The molecule has 1 saturated heterocycles. The molecule has 1 aromatic heterocycles. The number of carbonyl (C=O) groups is 2. The predicted molar refractivity (Wildman–Crippen MR) is 163 cm³/mol. The Hall–Kier alpha value is -4.37. The van der Waals surface area contributed by atoms with Crippen LogP contribution in [-0.4, -0.2) is 41.6 Å². The number of unbranched alkanes of at least 4 members (excludes halogenated alkanes) is 2. The van der Waals surface area contributed by atoms with Crippen LogP contribution in [0, 0.1) is 0 Å². The Morgan fingerprint density at radius 2 is 1.86 bits per heavy atom. The van der Waals surface area contributed by atoms with Gasteiger partial charge in [0.2, 0.25) is 0 Å². The molecular weight excluding hydrogens is 552 g/mol. The normalized spacial score (nSPS) is 19.3. The first kappa shape index (κ1) is 27.8. The Labute approximate surface area is 248 Å². The SMILES string of the molecule is CCCCCOc1ccc([C@@H]2/C(=C(\O)c3ccc4c(c3)C[C@H](C)O4)C(=O)C(=O)N2c2nc3ccc(OC)cc3s2)cc1. The lowest BCUT2D eigenvalue weighted by Crippen LogP contribution is -2.29. The molecule has 1 fully saturated rings. The number of nitrogens with zero attached hydrogens (tertiary/aromatic N) is 2. The number of aliphatic hydroxyl groups is 1. The van der Waals surface area contributed by atoms with Crippen molar-refractivity contribution in [1.29, 1.82) is 0 Å². The fourth-order valence-electron chi connectivity index (χ4n) is 5.48. The molecule has 0 saturated carbocycles. The summed E-state index contributed by atoms with van der Waals surface area (Å²) >= 11 is 1.29. The van der Waals surface area contributed by atoms with Gasteiger partial charge in [0.25, 0.3) is 5.78 Å². The monoisotopic (exact) mass is 584 g/mol. The maximum Gasteiger partial charge on any atom is 0.301 e. The molecule has 0 radical (unpaired) electrons. The van der Waals surface area contributed by atoms with Gasteiger partial charge in [0.05, 0.1) is 35.5 Å². The minimum Gasteiger partial charge on any atom is -0.507 e. The highest BCUT2D eigenvalue weighted by Crippen LogP contribution is 2.45. The molecule has 0 spiro atoms. The number of rotatable bonds is 9. The van der Waals surface area contributed by atoms with E-state index >= 15 is 0 Å². The zero-order valence-corrected chi connectivity index (χ0v) is 24.6. The molecule has 3 aromatic carbocycles. The first-order chi connectivity index (χ1) is 20.4. The average Bonchev–Trinajstić information content (AvgIpc) is 3.66. The van der Waals surface area contributed by atoms with Crippen LogP contribution in [0.2, 0.25) is 0 Å². The fourth-order valence-corrected chi connectivity index (χ4v) is 6.50. The number of aliphatic hydroxyl groups excluding tert-OH is 1. The molecule has 0 aliphatic carbocycles. The van der Waals surface area contributed by atoms with Gasteiger partial charge in [-0.15, -0.1) is 0 Å². The number of hydrogen-bond donors (Lipinski definition) is 1. The lowest BCUT2D eigenvalue weighted by Gasteiger charge is -2.23. The Morgan fingerprint density at radius 3 is 2.62 bits per heavy atom. The number of fused-ring (bicyclic) bond motifs is 2. The molecule has 0 unspecified atom stereocenters. The molecule has 0 bridgehead atoms. The Balaban J connectivity index is 1.44. The molecule has 42 heavy (non-hydrogen) atoms. The van der Waals surface area contributed by atoms with Gasteiger partial charge in [0.15, 0.2) is 5.13 Å². The summed E-state index contributed by atoms with van der Waals surface area (Å²) in [7, 11) is 1.59. The average molecular weight is 585 g/mol. The molecule has 2 atom stereocenters. The number of hydrogen-bond acceptors (Lipinski definition) is 8. The van der Waals surface area contributed by atoms with E-state index in [1.165, 1.54) is 16.2 Å². The van der Waals surface area contributed by atoms with Gasteiger partial charge in [-0.3, -0.25) is 14.5 Å². The number of carbonyl (C=O) groups excluding carboxylic acids is 2. The Kier molecular flexibility index (Phi) is 7.60. The van der Waals surface area contributed by atoms with E-state index in [9.17, 15) is 14.7 Å². The number of Topliss-reactive ketones (excluding diaryl/α,β-unsaturated/α-hetero) is 1. The van der Waals surface area contributed by atoms with Gasteiger partial charge < -0.3 is 19.3 Å². The lowest BCUT2D eigenvalue weighted by atomic mass is 9.94. The van der Waals surface area contributed by atoms with E-state index in [1.54, 1.807) is 25.3 Å². The van der Waals surface area contributed by atoms with Crippen molar-refractivity contribution < 1.29 is 28.9 Å². The highest BCUT2D eigenvalue weighted by atomic mass is 32.1. The number of benzene rings is 3. The molecule has 1 N–H and O–H groups in total. The third kappa shape index (κ3) is 5.09. The number of anilines is 1. The van der Waals surface area contributed by atoms with Crippen LogP contribution in [0.1, 0.15) is 55.8 Å². The highest BCUT2D eigenvalue weighted by molar-refractivity contribution is 7.22. The summed E-state index contributed by atoms with van der Waals surface area (Å²) in [4.78, 5) is 33.4. The Bertz CT molecular complexity index is 1690. The molecule has 216 valence electrons. The fraction of sp³-hybridized carbons (Fsp3) is 0.303. The minimum atomic E-state index is -0.884. The second kappa shape index (κ2) is 11.5. The van der Waals surface area contributed by atoms with Crippen LogP contribution in [0.15, 0.2) is 66.2 Å². The van der Waals surface area contributed by atoms with E-state index in [1.807, 2.05) is 49.4 Å². The van der Waals surface area contributed by atoms with Gasteiger partial charge in [-0.25, -0.2) is 4.98 Å². The number of ether oxygens (including phenoxy) is 3. The summed E-state index contributed by atoms with van der Waals surface area (Å²) in [6.45, 7) is 4.74. The van der Waals surface area contributed by atoms with Crippen LogP contribution in [0.4, 0.5) is 5.13 Å². The topological polar surface area (TPSA) is 98.2 Å². The minimum absolute atomic E-state index is 0.0142. The number of methoxy groups -OCH3 is 1. The first-order valence-corrected chi connectivity index (χ1v) is 15.0. The third-order valence-corrected chi connectivity index (χ3v) is 8.63. The van der Waals surface area contributed by atoms with E-state index < -0.39 is 17.7 Å². The molecule has 2 aliphatic rings. The smallest absolute Gasteiger partial charge is 0.301 e. The third-order valence-electron chi connectivity index (χ3n) is 7.62. The van der Waals surface area contributed by atoms with Gasteiger partial charge in [0, 0.05) is 12.0 Å². The van der Waals surface area contributed by atoms with Gasteiger partial charge >= 0.3 is 5.91 Å². The second-order valence-corrected chi connectivity index (χ2v) is 11.6. The van der Waals surface area contributed by atoms with Gasteiger partial charge in [-0.05, 0) is 73.0 Å². The number of ketones is 1. The quantitative estimate of drug-likeness (QED) is 0.0997. The van der Waals surface area contributed by atoms with E-state index in [4.69, 9.17) is 19.2 Å². The first-order valence-electron chi connectivity index (χ1n) is 14.2. The predicted octanol–water partition coefficient (Wildman–Crippen LogP) is 6.82. The van der Waals surface area contributed by atoms with Crippen molar-refractivity contribution in [2.24, 2.45) is 0 Å². The van der Waals surface area contributed by atoms with E-state index in [-0.39, 0.29) is 17.4 Å². The molecule has 1 amide bonds. The molecule has 6 rings (SSSR count). The molecule has 2 aliphatic heterocycles. The standard InChI is InChI=1S/C33H32N2O6S/c1-4-5-6-15-40-23-10-7-20(8-11-23)29-28(30(36)21-9-14-26-22(17-21)16-19(2)41-26)31(37)32(38)35(29)33-34-25-13-12-24(39-3)18-27(25)42-33/h7-14,17-19,29,36H,4-6,15-16H2,1-3H3/b30-28+/t19-,29+/m0/s1. The van der Waals surface area contributed by atoms with E-state index in [0.29, 0.717) is 46.3 Å². The lowest BCUT2D eigenvalue weighted by molar-refractivity contribution is -0.132. The maximum absolute atomic E-state index is 13.7. The number of aromatic nitrogens is 1. The zero-order valence-electron chi connectivity index (χ0n) is 23.8. The van der Waals surface area contributed by atoms with Crippen molar-refractivity contribution in [3.8, 4) is 17.2 Å². The van der Waals surface area contributed by atoms with Crippen molar-refractivity contribution in [2.75, 3.05) is 18.6 Å². The molecule has 9 heteroatoms. The van der Waals surface area contributed by atoms with Crippen molar-refractivity contribution >= 4 is 44.1 Å². The largest absolute Gasteiger partial charge is 0.507 e. The Morgan fingerprint density at radius 1 is 1.07 bits per heavy atom. The summed E-state index contributed by atoms with van der Waals surface area (Å²) in [6, 6.07) is 17.3. The molecule has 4 aromatic rings. The van der Waals surface area contributed by atoms with Crippen LogP contribution in [0.3, 0.4) is 0 Å². The summed E-state index contributed by atoms with van der Waals surface area (Å²) in [5, 5.41) is 12.0. The van der Waals surface area contributed by atoms with Crippen LogP contribution >= 0.6 is 11.3 Å². The van der Waals surface area contributed by atoms with Crippen LogP contribution in [-0.2, 0) is 16.0 Å².